The quantitative estimate of drug-likeness (QED) is 0.0433. The minimum Gasteiger partial charge on any atom is -0.393 e. The maximum Gasteiger partial charge on any atom is 0.253 e. The smallest absolute Gasteiger partial charge is 0.253 e. The second kappa shape index (κ2) is 53.1. The van der Waals surface area contributed by atoms with Crippen molar-refractivity contribution in [2.75, 3.05) is 106 Å². The number of benzene rings is 12. The Morgan fingerprint density at radius 1 is 0.453 bits per heavy atom. The SMILES string of the molecule is COC(c1ccc(F)cc1)c1cccc(C(=O)N2CCC(O)CC2)c1.COCc1c(C(=O)NC(C)C)cccc1-c1ccc(Cl)cc1.COCc1cc(N(C)C(=O)C(C)C)ccc1-c1ccc(Cl)cc1.COCc1cc(N2CCCS2(=O)=O)c(F)cc1-c1ccc(Cl)cc1.COCc1cc(N2CCCS2(=O)=O)ccc1-c1ccc(Cl)cc1.COCc1cc(NC(=O)C(C)C)ccc1-c1ccc(Cl)cc1. The van der Waals surface area contributed by atoms with Crippen LogP contribution in [-0.2, 0) is 91.1 Å². The third kappa shape index (κ3) is 31.0. The number of likely N-dealkylation sites (tertiary alicyclic amines) is 1. The van der Waals surface area contributed by atoms with E-state index in [0.29, 0.717) is 126 Å². The molecule has 0 saturated carbocycles. The number of methoxy groups -OCH3 is 6. The van der Waals surface area contributed by atoms with Gasteiger partial charge in [0, 0.05) is 141 Å². The van der Waals surface area contributed by atoms with Gasteiger partial charge in [-0.1, -0.05) is 201 Å². The summed E-state index contributed by atoms with van der Waals surface area (Å²) in [7, 11) is 4.90. The Hall–Kier alpha value is -11.0. The first-order valence-electron chi connectivity index (χ1n) is 45.3. The first kappa shape index (κ1) is 110. The topological polar surface area (TPSA) is 249 Å². The molecule has 3 aliphatic heterocycles. The average molecular weight is 2030 g/mol. The lowest BCUT2D eigenvalue weighted by Crippen LogP contribution is -2.40. The van der Waals surface area contributed by atoms with E-state index in [1.807, 2.05) is 230 Å². The molecule has 1 unspecified atom stereocenters. The Labute approximate surface area is 840 Å². The van der Waals surface area contributed by atoms with E-state index < -0.39 is 25.9 Å². The molecule has 3 N–H and O–H groups in total. The summed E-state index contributed by atoms with van der Waals surface area (Å²) in [6.45, 7) is 15.4. The summed E-state index contributed by atoms with van der Waals surface area (Å²) < 4.78 is 111. The van der Waals surface area contributed by atoms with E-state index in [4.69, 9.17) is 86.4 Å². The summed E-state index contributed by atoms with van der Waals surface area (Å²) in [5.74, 6) is -0.726. The number of sulfonamides is 2. The molecule has 4 amide bonds. The first-order chi connectivity index (χ1) is 66.5. The molecule has 0 aliphatic carbocycles. The number of halogens is 7. The number of anilines is 4. The highest BCUT2D eigenvalue weighted by molar-refractivity contribution is 7.93. The molecule has 0 spiro atoms. The first-order valence-corrected chi connectivity index (χ1v) is 50.4. The zero-order valence-electron chi connectivity index (χ0n) is 80.2. The van der Waals surface area contributed by atoms with Crippen molar-refractivity contribution >= 4 is 124 Å². The number of carbonyl (C=O) groups excluding carboxylic acids is 4. The predicted octanol–water partition coefficient (Wildman–Crippen LogP) is 24.5. The minimum absolute atomic E-state index is 0.00242. The zero-order chi connectivity index (χ0) is 101. The highest BCUT2D eigenvalue weighted by Gasteiger charge is 2.33. The van der Waals surface area contributed by atoms with Gasteiger partial charge < -0.3 is 54.0 Å². The van der Waals surface area contributed by atoms with E-state index in [1.54, 1.807) is 108 Å². The van der Waals surface area contributed by atoms with Crippen LogP contribution in [0.4, 0.5) is 31.5 Å². The molecule has 30 heteroatoms. The van der Waals surface area contributed by atoms with Gasteiger partial charge in [0.2, 0.25) is 31.9 Å². The van der Waals surface area contributed by atoms with Gasteiger partial charge in [-0.25, -0.2) is 25.6 Å². The van der Waals surface area contributed by atoms with Crippen molar-refractivity contribution in [2.45, 2.75) is 119 Å². The molecule has 3 saturated heterocycles. The standard InChI is InChI=1S/C20H22FNO3.C19H22ClNO2.2C18H20ClNO2.C17H17ClFNO3S.C17H18ClNO3S/c1-25-19(14-5-7-17(21)8-6-14)15-3-2-4-16(13-15)20(24)22-11-9-18(23)10-12-22;1-13(2)19(22)21(3)17-9-10-18(15(11-17)12-23-4)14-5-7-16(20)8-6-14;1-12(2)18(21)20-16-8-9-17(14(10-16)11-22-3)13-4-6-15(19)7-5-13;1-12(2)20-18(21)16-6-4-5-15(17(16)11-22-3)13-7-9-14(19)10-8-13;1-23-11-13-9-17(20-7-2-8-24(20,21)22)16(19)10-15(13)12-3-5-14(18)6-4-12;1-22-12-14-11-16(19-9-2-10-23(19,20)21)7-8-17(14)13-3-5-15(18)6-4-13/h2-8,13,18-19,23H,9-12H2,1H3;5-11,13H,12H2,1-4H3;2*4-10,12H,11H2,1-3H3,(H,20,21);3-6,9-10H,2,7-8,11H2,1H3;3-8,11H,2,9-10,12H2,1H3. The van der Waals surface area contributed by atoms with Crippen LogP contribution in [0, 0.1) is 23.5 Å². The van der Waals surface area contributed by atoms with Crippen LogP contribution in [0.1, 0.15) is 133 Å². The third-order valence-corrected chi connectivity index (χ3v) is 27.9. The van der Waals surface area contributed by atoms with Crippen LogP contribution >= 0.6 is 58.0 Å². The number of nitrogens with one attached hydrogen (secondary N) is 2. The lowest BCUT2D eigenvalue weighted by atomic mass is 9.95. The number of ether oxygens (including phenoxy) is 6. The highest BCUT2D eigenvalue weighted by atomic mass is 35.5. The van der Waals surface area contributed by atoms with Gasteiger partial charge in [0.1, 0.15) is 17.7 Å². The van der Waals surface area contributed by atoms with Crippen molar-refractivity contribution in [1.29, 1.82) is 0 Å². The second-order valence-electron chi connectivity index (χ2n) is 34.2. The third-order valence-electron chi connectivity index (χ3n) is 22.9. The zero-order valence-corrected chi connectivity index (χ0v) is 85.6. The minimum atomic E-state index is -3.44. The molecule has 12 aromatic carbocycles. The fraction of sp³-hybridized carbons (Fsp3) is 0.303. The Morgan fingerprint density at radius 3 is 1.35 bits per heavy atom. The Bertz CT molecular complexity index is 6350. The van der Waals surface area contributed by atoms with E-state index in [2.05, 4.69) is 10.6 Å². The van der Waals surface area contributed by atoms with Crippen molar-refractivity contribution in [2.24, 2.45) is 11.8 Å². The van der Waals surface area contributed by atoms with Crippen molar-refractivity contribution in [3.05, 3.63) is 342 Å². The van der Waals surface area contributed by atoms with E-state index in [1.165, 1.54) is 22.5 Å². The van der Waals surface area contributed by atoms with Crippen LogP contribution in [0.2, 0.25) is 25.1 Å². The van der Waals surface area contributed by atoms with Gasteiger partial charge in [-0.2, -0.15) is 0 Å². The monoisotopic (exact) mass is 2030 g/mol. The number of rotatable bonds is 27. The van der Waals surface area contributed by atoms with Gasteiger partial charge in [-0.3, -0.25) is 27.8 Å². The Balaban J connectivity index is 0.000000172. The molecule has 3 aliphatic rings. The lowest BCUT2D eigenvalue weighted by Gasteiger charge is -2.30. The number of aliphatic hydroxyl groups excluding tert-OH is 1. The maximum absolute atomic E-state index is 14.7. The summed E-state index contributed by atoms with van der Waals surface area (Å²) in [6, 6.07) is 77.3. The summed E-state index contributed by atoms with van der Waals surface area (Å²) >= 11 is 29.7. The number of hydrogen-bond acceptors (Lipinski definition) is 15. The molecule has 0 aromatic heterocycles. The molecule has 3 fully saturated rings. The lowest BCUT2D eigenvalue weighted by molar-refractivity contribution is -0.121. The number of hydrogen-bond donors (Lipinski definition) is 3. The van der Waals surface area contributed by atoms with Crippen molar-refractivity contribution in [1.82, 2.24) is 10.2 Å². The fourth-order valence-corrected chi connectivity index (χ4v) is 19.6. The summed E-state index contributed by atoms with van der Waals surface area (Å²) in [5.41, 5.74) is 19.7. The Morgan fingerprint density at radius 2 is 0.892 bits per heavy atom. The van der Waals surface area contributed by atoms with Gasteiger partial charge in [0.05, 0.1) is 62.0 Å². The average Bonchev–Trinajstić information content (AvgIpc) is 1.73. The van der Waals surface area contributed by atoms with E-state index in [0.717, 1.165) is 105 Å². The van der Waals surface area contributed by atoms with Crippen molar-refractivity contribution in [3.63, 3.8) is 0 Å². The van der Waals surface area contributed by atoms with Gasteiger partial charge in [-0.15, -0.1) is 0 Å². The van der Waals surface area contributed by atoms with Crippen LogP contribution in [0.25, 0.3) is 55.6 Å². The van der Waals surface area contributed by atoms with Crippen LogP contribution in [0.3, 0.4) is 0 Å². The van der Waals surface area contributed by atoms with Crippen LogP contribution < -0.4 is 24.1 Å². The number of piperidine rings is 1. The van der Waals surface area contributed by atoms with Crippen molar-refractivity contribution in [3.8, 4) is 55.6 Å². The predicted molar refractivity (Wildman–Crippen MR) is 557 cm³/mol. The number of carbonyl (C=O) groups is 4. The Kier molecular flexibility index (Phi) is 42.0. The van der Waals surface area contributed by atoms with Crippen molar-refractivity contribution < 1.29 is 78.3 Å². The van der Waals surface area contributed by atoms with Gasteiger partial charge in [0.15, 0.2) is 0 Å². The van der Waals surface area contributed by atoms with Crippen LogP contribution in [0.15, 0.2) is 255 Å². The number of nitrogens with zero attached hydrogens (tertiary/aromatic N) is 4. The molecule has 21 nitrogen and oxygen atoms in total. The molecule has 736 valence electrons. The molecule has 0 radical (unpaired) electrons. The fourth-order valence-electron chi connectivity index (χ4n) is 15.9. The maximum atomic E-state index is 14.7. The van der Waals surface area contributed by atoms with Crippen LogP contribution in [0.5, 0.6) is 0 Å². The molecule has 1 atom stereocenters. The molecular formula is C109H119Cl5F2N6O15S2. The summed E-state index contributed by atoms with van der Waals surface area (Å²) in [5, 5.41) is 18.8. The van der Waals surface area contributed by atoms with Crippen LogP contribution in [-0.4, -0.2) is 150 Å². The van der Waals surface area contributed by atoms with E-state index in [-0.39, 0.29) is 83.3 Å². The molecule has 12 aromatic rings. The van der Waals surface area contributed by atoms with E-state index in [9.17, 15) is 49.9 Å². The number of amides is 4. The van der Waals surface area contributed by atoms with Gasteiger partial charge in [0.25, 0.3) is 11.8 Å². The molecule has 139 heavy (non-hydrogen) atoms. The van der Waals surface area contributed by atoms with Gasteiger partial charge in [-0.05, 0) is 274 Å². The molecule has 15 rings (SSSR count). The summed E-state index contributed by atoms with van der Waals surface area (Å²) in [4.78, 5) is 52.6. The molecule has 3 heterocycles. The molecule has 0 bridgehead atoms. The largest absolute Gasteiger partial charge is 0.393 e. The summed E-state index contributed by atoms with van der Waals surface area (Å²) in [6.07, 6.45) is 1.72. The van der Waals surface area contributed by atoms with Gasteiger partial charge >= 0.3 is 0 Å². The highest BCUT2D eigenvalue weighted by Crippen LogP contribution is 2.39. The normalized spacial score (nSPS) is 13.8. The molecular weight excluding hydrogens is 1910 g/mol. The second-order valence-corrected chi connectivity index (χ2v) is 40.4. The van der Waals surface area contributed by atoms with E-state index >= 15 is 0 Å². The number of aliphatic hydroxyl groups is 1.